The van der Waals surface area contributed by atoms with Gasteiger partial charge in [0.05, 0.1) is 4.92 Å². The van der Waals surface area contributed by atoms with Gasteiger partial charge in [0.2, 0.25) is 5.89 Å². The first kappa shape index (κ1) is 20.3. The molecule has 0 saturated heterocycles. The van der Waals surface area contributed by atoms with E-state index in [-0.39, 0.29) is 24.1 Å². The van der Waals surface area contributed by atoms with Crippen LogP contribution in [0.1, 0.15) is 24.5 Å². The maximum atomic E-state index is 12.0. The molecule has 0 N–H and O–H groups in total. The van der Waals surface area contributed by atoms with E-state index in [0.717, 1.165) is 5.56 Å². The third kappa shape index (κ3) is 5.08. The molecule has 3 rings (SSSR count). The van der Waals surface area contributed by atoms with Crippen LogP contribution in [-0.4, -0.2) is 27.7 Å². The number of halogens is 1. The third-order valence-electron chi connectivity index (χ3n) is 3.91. The zero-order valence-electron chi connectivity index (χ0n) is 15.5. The molecule has 1 aromatic heterocycles. The zero-order chi connectivity index (χ0) is 21.0. The van der Waals surface area contributed by atoms with Gasteiger partial charge in [0, 0.05) is 22.7 Å². The number of ether oxygens (including phenoxy) is 2. The van der Waals surface area contributed by atoms with Crippen LogP contribution < -0.4 is 4.74 Å². The summed E-state index contributed by atoms with van der Waals surface area (Å²) < 4.78 is 16.1. The van der Waals surface area contributed by atoms with Gasteiger partial charge in [0.15, 0.2) is 12.7 Å². The SMILES string of the molecule is Cc1cc(OCC(=O)OC(C)c2nnc(-c3ccc([N+](=O)[O-])cc3)o2)ccc1Cl. The van der Waals surface area contributed by atoms with Crippen LogP contribution in [-0.2, 0) is 9.53 Å². The van der Waals surface area contributed by atoms with E-state index >= 15 is 0 Å². The lowest BCUT2D eigenvalue weighted by Crippen LogP contribution is -2.17. The van der Waals surface area contributed by atoms with E-state index in [1.165, 1.54) is 24.3 Å². The van der Waals surface area contributed by atoms with Gasteiger partial charge in [-0.15, -0.1) is 10.2 Å². The monoisotopic (exact) mass is 417 g/mol. The van der Waals surface area contributed by atoms with E-state index in [0.29, 0.717) is 16.3 Å². The van der Waals surface area contributed by atoms with Gasteiger partial charge in [-0.25, -0.2) is 4.79 Å². The molecule has 0 aliphatic heterocycles. The largest absolute Gasteiger partial charge is 0.482 e. The van der Waals surface area contributed by atoms with E-state index < -0.39 is 17.0 Å². The van der Waals surface area contributed by atoms with E-state index in [9.17, 15) is 14.9 Å². The molecule has 1 heterocycles. The smallest absolute Gasteiger partial charge is 0.344 e. The van der Waals surface area contributed by atoms with Gasteiger partial charge >= 0.3 is 5.97 Å². The van der Waals surface area contributed by atoms with Crippen LogP contribution in [0.2, 0.25) is 5.02 Å². The van der Waals surface area contributed by atoms with Crippen LogP contribution in [0.3, 0.4) is 0 Å². The molecular formula is C19H16ClN3O6. The van der Waals surface area contributed by atoms with Crippen molar-refractivity contribution < 1.29 is 23.6 Å². The van der Waals surface area contributed by atoms with Crippen molar-refractivity contribution in [3.8, 4) is 17.2 Å². The number of carbonyl (C=O) groups excluding carboxylic acids is 1. The fourth-order valence-corrected chi connectivity index (χ4v) is 2.49. The Kier molecular flexibility index (Phi) is 6.08. The summed E-state index contributed by atoms with van der Waals surface area (Å²) in [5.41, 5.74) is 1.29. The summed E-state index contributed by atoms with van der Waals surface area (Å²) in [7, 11) is 0. The molecule has 10 heteroatoms. The summed E-state index contributed by atoms with van der Waals surface area (Å²) >= 11 is 5.95. The third-order valence-corrected chi connectivity index (χ3v) is 4.33. The average molecular weight is 418 g/mol. The highest BCUT2D eigenvalue weighted by Gasteiger charge is 2.20. The van der Waals surface area contributed by atoms with Crippen LogP contribution in [0.15, 0.2) is 46.9 Å². The van der Waals surface area contributed by atoms with Gasteiger partial charge in [0.1, 0.15) is 5.75 Å². The van der Waals surface area contributed by atoms with Gasteiger partial charge in [0.25, 0.3) is 11.6 Å². The molecule has 1 unspecified atom stereocenters. The molecule has 0 aliphatic rings. The number of non-ortho nitro benzene ring substituents is 1. The highest BCUT2D eigenvalue weighted by atomic mass is 35.5. The number of rotatable bonds is 7. The number of hydrogen-bond donors (Lipinski definition) is 0. The molecule has 0 saturated carbocycles. The summed E-state index contributed by atoms with van der Waals surface area (Å²) in [4.78, 5) is 22.2. The Bertz CT molecular complexity index is 1030. The molecule has 3 aromatic rings. The van der Waals surface area contributed by atoms with Gasteiger partial charge in [-0.3, -0.25) is 10.1 Å². The Morgan fingerprint density at radius 2 is 1.97 bits per heavy atom. The minimum absolute atomic E-state index is 0.0494. The molecule has 0 radical (unpaired) electrons. The normalized spacial score (nSPS) is 11.7. The van der Waals surface area contributed by atoms with Gasteiger partial charge in [-0.1, -0.05) is 11.6 Å². The Labute approximate surface area is 170 Å². The molecule has 1 atom stereocenters. The Balaban J connectivity index is 1.57. The van der Waals surface area contributed by atoms with Crippen LogP contribution in [0.25, 0.3) is 11.5 Å². The maximum absolute atomic E-state index is 12.0. The minimum Gasteiger partial charge on any atom is -0.482 e. The molecule has 29 heavy (non-hydrogen) atoms. The quantitative estimate of drug-likeness (QED) is 0.317. The lowest BCUT2D eigenvalue weighted by Gasteiger charge is -2.11. The number of nitro benzene ring substituents is 1. The first-order valence-electron chi connectivity index (χ1n) is 8.50. The van der Waals surface area contributed by atoms with E-state index in [2.05, 4.69) is 10.2 Å². The zero-order valence-corrected chi connectivity index (χ0v) is 16.3. The van der Waals surface area contributed by atoms with E-state index in [1.807, 2.05) is 6.92 Å². The van der Waals surface area contributed by atoms with Crippen molar-refractivity contribution in [1.29, 1.82) is 0 Å². The van der Waals surface area contributed by atoms with Crippen molar-refractivity contribution >= 4 is 23.3 Å². The number of carbonyl (C=O) groups is 1. The fraction of sp³-hybridized carbons (Fsp3) is 0.211. The molecule has 9 nitrogen and oxygen atoms in total. The van der Waals surface area contributed by atoms with Gasteiger partial charge in [-0.2, -0.15) is 0 Å². The second-order valence-corrected chi connectivity index (χ2v) is 6.49. The number of benzene rings is 2. The first-order chi connectivity index (χ1) is 13.8. The van der Waals surface area contributed by atoms with Crippen LogP contribution in [0.4, 0.5) is 5.69 Å². The number of esters is 1. The molecule has 150 valence electrons. The van der Waals surface area contributed by atoms with Crippen LogP contribution in [0, 0.1) is 17.0 Å². The fourth-order valence-electron chi connectivity index (χ4n) is 2.37. The molecule has 2 aromatic carbocycles. The predicted octanol–water partition coefficient (Wildman–Crippen LogP) is 4.29. The summed E-state index contributed by atoms with van der Waals surface area (Å²) in [6.45, 7) is 3.11. The highest BCUT2D eigenvalue weighted by molar-refractivity contribution is 6.31. The molecule has 0 aliphatic carbocycles. The maximum Gasteiger partial charge on any atom is 0.344 e. The van der Waals surface area contributed by atoms with Gasteiger partial charge in [-0.05, 0) is 49.7 Å². The molecule has 0 bridgehead atoms. The first-order valence-corrected chi connectivity index (χ1v) is 8.88. The van der Waals surface area contributed by atoms with E-state index in [1.54, 1.807) is 25.1 Å². The standard InChI is InChI=1S/C19H16ClN3O6/c1-11-9-15(7-8-16(11)20)27-10-17(24)28-12(2)18-21-22-19(29-18)13-3-5-14(6-4-13)23(25)26/h3-9,12H,10H2,1-2H3. The minimum atomic E-state index is -0.794. The molecular weight excluding hydrogens is 402 g/mol. The van der Waals surface area contributed by atoms with Crippen molar-refractivity contribution in [1.82, 2.24) is 10.2 Å². The summed E-state index contributed by atoms with van der Waals surface area (Å²) in [6.07, 6.45) is -0.794. The van der Waals surface area contributed by atoms with Gasteiger partial charge < -0.3 is 13.9 Å². The molecule has 0 fully saturated rings. The number of aromatic nitrogens is 2. The topological polar surface area (TPSA) is 118 Å². The Morgan fingerprint density at radius 1 is 1.24 bits per heavy atom. The van der Waals surface area contributed by atoms with Crippen molar-refractivity contribution in [3.05, 3.63) is 69.1 Å². The van der Waals surface area contributed by atoms with Crippen molar-refractivity contribution in [2.75, 3.05) is 6.61 Å². The molecule has 0 amide bonds. The lowest BCUT2D eigenvalue weighted by molar-refractivity contribution is -0.384. The Hall–Kier alpha value is -3.46. The number of nitro groups is 1. The summed E-state index contributed by atoms with van der Waals surface area (Å²) in [6, 6.07) is 10.7. The highest BCUT2D eigenvalue weighted by Crippen LogP contribution is 2.25. The van der Waals surface area contributed by atoms with Crippen LogP contribution >= 0.6 is 11.6 Å². The van der Waals surface area contributed by atoms with Crippen molar-refractivity contribution in [2.45, 2.75) is 20.0 Å². The number of hydrogen-bond acceptors (Lipinski definition) is 8. The summed E-state index contributed by atoms with van der Waals surface area (Å²) in [5, 5.41) is 19.1. The second-order valence-electron chi connectivity index (χ2n) is 6.08. The number of aryl methyl sites for hydroxylation is 1. The lowest BCUT2D eigenvalue weighted by atomic mass is 10.2. The molecule has 0 spiro atoms. The average Bonchev–Trinajstić information content (AvgIpc) is 3.19. The van der Waals surface area contributed by atoms with Crippen molar-refractivity contribution in [2.24, 2.45) is 0 Å². The van der Waals surface area contributed by atoms with Crippen molar-refractivity contribution in [3.63, 3.8) is 0 Å². The van der Waals surface area contributed by atoms with E-state index in [4.69, 9.17) is 25.5 Å². The predicted molar refractivity (Wildman–Crippen MR) is 103 cm³/mol. The Morgan fingerprint density at radius 3 is 2.62 bits per heavy atom. The number of nitrogens with zero attached hydrogens (tertiary/aromatic N) is 3. The summed E-state index contributed by atoms with van der Waals surface area (Å²) in [5.74, 6) is 0.134. The second kappa shape index (κ2) is 8.70. The van der Waals surface area contributed by atoms with Crippen LogP contribution in [0.5, 0.6) is 5.75 Å².